The number of carbonyl (C=O) groups is 2. The number of esters is 1. The topological polar surface area (TPSA) is 43.4 Å². The Labute approximate surface area is 164 Å². The second kappa shape index (κ2) is 10.5. The molecule has 27 heavy (non-hydrogen) atoms. The van der Waals surface area contributed by atoms with Crippen molar-refractivity contribution in [3.63, 3.8) is 0 Å². The van der Waals surface area contributed by atoms with E-state index in [0.29, 0.717) is 30.6 Å². The Hall–Kier alpha value is -1.82. The molecule has 2 rings (SSSR count). The summed E-state index contributed by atoms with van der Waals surface area (Å²) in [6.07, 6.45) is 12.9. The second-order valence-electron chi connectivity index (χ2n) is 8.25. The Morgan fingerprint density at radius 2 is 2.11 bits per heavy atom. The molecule has 2 aliphatic carbocycles. The minimum atomic E-state index is -0.125. The third-order valence-electron chi connectivity index (χ3n) is 6.25. The van der Waals surface area contributed by atoms with Gasteiger partial charge in [-0.15, -0.1) is 11.8 Å². The van der Waals surface area contributed by atoms with E-state index in [-0.39, 0.29) is 17.7 Å². The molecule has 2 saturated carbocycles. The predicted molar refractivity (Wildman–Crippen MR) is 109 cm³/mol. The third kappa shape index (κ3) is 6.09. The fourth-order valence-corrected chi connectivity index (χ4v) is 4.69. The molecule has 148 valence electrons. The zero-order valence-electron chi connectivity index (χ0n) is 17.3. The van der Waals surface area contributed by atoms with Crippen LogP contribution < -0.4 is 0 Å². The maximum absolute atomic E-state index is 12.3. The third-order valence-corrected chi connectivity index (χ3v) is 6.25. The molecular formula is C24H34O3. The molecule has 3 heteroatoms. The van der Waals surface area contributed by atoms with Crippen molar-refractivity contribution in [3.05, 3.63) is 23.8 Å². The molecule has 3 nitrogen and oxygen atoms in total. The number of hydrogen-bond donors (Lipinski definition) is 0. The normalized spacial score (nSPS) is 29.4. The molecule has 0 aromatic rings. The molecular weight excluding hydrogens is 336 g/mol. The van der Waals surface area contributed by atoms with Gasteiger partial charge in [-0.2, -0.15) is 0 Å². The predicted octanol–water partition coefficient (Wildman–Crippen LogP) is 5.11. The summed E-state index contributed by atoms with van der Waals surface area (Å²) in [5.41, 5.74) is 1.54. The summed E-state index contributed by atoms with van der Waals surface area (Å²) in [4.78, 5) is 23.5. The number of hydrogen-bond acceptors (Lipinski definition) is 3. The monoisotopic (exact) mass is 370 g/mol. The number of allylic oxidation sites excluding steroid dienone is 4. The Balaban J connectivity index is 1.88. The van der Waals surface area contributed by atoms with Crippen molar-refractivity contribution in [2.75, 3.05) is 7.11 Å². The lowest BCUT2D eigenvalue weighted by molar-refractivity contribution is -0.140. The van der Waals surface area contributed by atoms with E-state index < -0.39 is 0 Å². The van der Waals surface area contributed by atoms with Gasteiger partial charge in [-0.05, 0) is 68.8 Å². The van der Waals surface area contributed by atoms with E-state index in [0.717, 1.165) is 25.2 Å². The summed E-state index contributed by atoms with van der Waals surface area (Å²) in [5, 5.41) is 0. The highest BCUT2D eigenvalue weighted by Crippen LogP contribution is 2.52. The van der Waals surface area contributed by atoms with Crippen LogP contribution in [-0.4, -0.2) is 18.9 Å². The zero-order chi connectivity index (χ0) is 19.8. The standard InChI is InChI=1S/C24H34O3/c1-5-6-9-17(2)23(25)13-12-21-18(3)14-20-15-19(16-22(20)21)10-7-8-11-24(26)27-4/h10,12-13,17-18,20-22H,7-9,11,14-16H2,1-4H3/b13-12+,19-10+/t17?,18-,20?,21+,22+/m1/s1. The number of rotatable bonds is 8. The van der Waals surface area contributed by atoms with Gasteiger partial charge in [0.25, 0.3) is 0 Å². The molecule has 0 saturated heterocycles. The summed E-state index contributed by atoms with van der Waals surface area (Å²) in [6, 6.07) is 0. The van der Waals surface area contributed by atoms with Gasteiger partial charge in [-0.1, -0.05) is 31.6 Å². The van der Waals surface area contributed by atoms with Crippen LogP contribution in [0.25, 0.3) is 0 Å². The average molecular weight is 371 g/mol. The Kier molecular flexibility index (Phi) is 8.35. The minimum absolute atomic E-state index is 0.0185. The first kappa shape index (κ1) is 21.5. The van der Waals surface area contributed by atoms with Crippen LogP contribution >= 0.6 is 0 Å². The maximum Gasteiger partial charge on any atom is 0.305 e. The molecule has 2 unspecified atom stereocenters. The number of unbranched alkanes of at least 4 members (excludes halogenated alkanes) is 1. The highest BCUT2D eigenvalue weighted by molar-refractivity contribution is 5.91. The molecule has 0 aliphatic heterocycles. The summed E-state index contributed by atoms with van der Waals surface area (Å²) in [7, 11) is 1.44. The van der Waals surface area contributed by atoms with Gasteiger partial charge in [0.2, 0.25) is 0 Å². The molecule has 2 aliphatic rings. The van der Waals surface area contributed by atoms with E-state index in [9.17, 15) is 9.59 Å². The molecule has 0 bridgehead atoms. The van der Waals surface area contributed by atoms with Gasteiger partial charge in [0.15, 0.2) is 5.78 Å². The van der Waals surface area contributed by atoms with Crippen LogP contribution in [-0.2, 0) is 14.3 Å². The van der Waals surface area contributed by atoms with Crippen LogP contribution in [0, 0.1) is 41.4 Å². The van der Waals surface area contributed by atoms with Gasteiger partial charge in [0.1, 0.15) is 0 Å². The Bertz CT molecular complexity index is 646. The van der Waals surface area contributed by atoms with Crippen molar-refractivity contribution >= 4 is 11.8 Å². The zero-order valence-corrected chi connectivity index (χ0v) is 17.3. The molecule has 0 aromatic carbocycles. The number of carbonyl (C=O) groups excluding carboxylic acids is 2. The van der Waals surface area contributed by atoms with Gasteiger partial charge in [0.05, 0.1) is 7.11 Å². The van der Waals surface area contributed by atoms with Gasteiger partial charge < -0.3 is 4.74 Å². The van der Waals surface area contributed by atoms with E-state index in [1.54, 1.807) is 0 Å². The highest BCUT2D eigenvalue weighted by atomic mass is 16.5. The molecule has 2 fully saturated rings. The number of ether oxygens (including phenoxy) is 1. The maximum atomic E-state index is 12.3. The summed E-state index contributed by atoms with van der Waals surface area (Å²) < 4.78 is 4.69. The SMILES string of the molecule is CC#CCC(C)C(=O)/C=C/[C@H]1[C@H](C)CC2C/C(=C\CCCC(=O)OC)C[C@@H]21. The Morgan fingerprint density at radius 3 is 2.81 bits per heavy atom. The second-order valence-corrected chi connectivity index (χ2v) is 8.25. The number of methoxy groups -OCH3 is 1. The van der Waals surface area contributed by atoms with Crippen molar-refractivity contribution in [1.82, 2.24) is 0 Å². The molecule has 0 heterocycles. The van der Waals surface area contributed by atoms with E-state index >= 15 is 0 Å². The van der Waals surface area contributed by atoms with Crippen LogP contribution in [0.2, 0.25) is 0 Å². The van der Waals surface area contributed by atoms with E-state index in [1.807, 2.05) is 19.9 Å². The number of ketones is 1. The van der Waals surface area contributed by atoms with Crippen molar-refractivity contribution in [1.29, 1.82) is 0 Å². The molecule has 0 aromatic heterocycles. The van der Waals surface area contributed by atoms with Crippen LogP contribution in [0.15, 0.2) is 23.8 Å². The molecule has 0 N–H and O–H groups in total. The van der Waals surface area contributed by atoms with E-state index in [4.69, 9.17) is 4.74 Å². The lowest BCUT2D eigenvalue weighted by Crippen LogP contribution is -2.13. The van der Waals surface area contributed by atoms with Crippen molar-refractivity contribution in [3.8, 4) is 11.8 Å². The van der Waals surface area contributed by atoms with Gasteiger partial charge in [-0.3, -0.25) is 9.59 Å². The van der Waals surface area contributed by atoms with Crippen LogP contribution in [0.5, 0.6) is 0 Å². The first-order valence-electron chi connectivity index (χ1n) is 10.3. The minimum Gasteiger partial charge on any atom is -0.469 e. The van der Waals surface area contributed by atoms with Gasteiger partial charge in [0, 0.05) is 18.8 Å². The van der Waals surface area contributed by atoms with Crippen molar-refractivity contribution in [2.24, 2.45) is 29.6 Å². The smallest absolute Gasteiger partial charge is 0.305 e. The van der Waals surface area contributed by atoms with Crippen LogP contribution in [0.4, 0.5) is 0 Å². The largest absolute Gasteiger partial charge is 0.469 e. The Morgan fingerprint density at radius 1 is 1.33 bits per heavy atom. The first-order chi connectivity index (χ1) is 13.0. The van der Waals surface area contributed by atoms with E-state index in [1.165, 1.54) is 25.5 Å². The van der Waals surface area contributed by atoms with Gasteiger partial charge in [-0.25, -0.2) is 0 Å². The molecule has 0 spiro atoms. The lowest BCUT2D eigenvalue weighted by atomic mass is 9.87. The van der Waals surface area contributed by atoms with Crippen molar-refractivity contribution < 1.29 is 14.3 Å². The van der Waals surface area contributed by atoms with Gasteiger partial charge >= 0.3 is 5.97 Å². The van der Waals surface area contributed by atoms with E-state index in [2.05, 4.69) is 30.9 Å². The molecule has 5 atom stereocenters. The quantitative estimate of drug-likeness (QED) is 0.196. The number of fused-ring (bicyclic) bond motifs is 1. The summed E-state index contributed by atoms with van der Waals surface area (Å²) >= 11 is 0. The van der Waals surface area contributed by atoms with Crippen LogP contribution in [0.1, 0.15) is 65.7 Å². The highest BCUT2D eigenvalue weighted by Gasteiger charge is 2.43. The summed E-state index contributed by atoms with van der Waals surface area (Å²) in [5.74, 6) is 8.49. The average Bonchev–Trinajstić information content (AvgIpc) is 3.17. The fraction of sp³-hybridized carbons (Fsp3) is 0.667. The van der Waals surface area contributed by atoms with Crippen LogP contribution in [0.3, 0.4) is 0 Å². The fourth-order valence-electron chi connectivity index (χ4n) is 4.69. The summed E-state index contributed by atoms with van der Waals surface area (Å²) in [6.45, 7) is 6.10. The first-order valence-corrected chi connectivity index (χ1v) is 10.3. The van der Waals surface area contributed by atoms with Crippen molar-refractivity contribution in [2.45, 2.75) is 65.7 Å². The molecule has 0 radical (unpaired) electrons. The lowest BCUT2D eigenvalue weighted by Gasteiger charge is -2.18. The molecule has 0 amide bonds.